The molecule has 1 aliphatic carbocycles. The Labute approximate surface area is 216 Å². The van der Waals surface area contributed by atoms with Crippen molar-refractivity contribution in [1.29, 1.82) is 0 Å². The molecule has 0 bridgehead atoms. The Morgan fingerprint density at radius 3 is 2.17 bits per heavy atom. The lowest BCUT2D eigenvalue weighted by Crippen LogP contribution is -2.65. The van der Waals surface area contributed by atoms with Crippen LogP contribution >= 0.6 is 0 Å². The van der Waals surface area contributed by atoms with E-state index in [0.29, 0.717) is 6.71 Å². The van der Waals surface area contributed by atoms with Crippen molar-refractivity contribution in [3.05, 3.63) is 65.2 Å². The fourth-order valence-corrected chi connectivity index (χ4v) is 9.17. The standard InChI is InChI=1S/C33H37BN2/c1-20-18-22-29-24(19-20)34-23-13-10-12-21-28(23)35(31(4,5)30(21,2)3)25-14-11-15-26(27(25)34)36(29)33(7)17-9-8-16-32(22,33)6/h10-15,18-19H,8-9,16-17H2,1-7H3. The van der Waals surface area contributed by atoms with Crippen molar-refractivity contribution in [2.75, 3.05) is 9.80 Å². The Kier molecular flexibility index (Phi) is 3.61. The number of benzene rings is 3. The molecule has 4 heterocycles. The highest BCUT2D eigenvalue weighted by atomic mass is 15.3. The van der Waals surface area contributed by atoms with Gasteiger partial charge < -0.3 is 9.80 Å². The highest BCUT2D eigenvalue weighted by Crippen LogP contribution is 2.62. The first-order chi connectivity index (χ1) is 17.0. The van der Waals surface area contributed by atoms with Gasteiger partial charge in [-0.15, -0.1) is 0 Å². The summed E-state index contributed by atoms with van der Waals surface area (Å²) in [6, 6.07) is 19.4. The fraction of sp³-hybridized carbons (Fsp3) is 0.455. The third-order valence-corrected chi connectivity index (χ3v) is 11.9. The maximum Gasteiger partial charge on any atom is 0.252 e. The van der Waals surface area contributed by atoms with Crippen LogP contribution in [0, 0.1) is 6.92 Å². The molecule has 2 atom stereocenters. The monoisotopic (exact) mass is 472 g/mol. The quantitative estimate of drug-likeness (QED) is 0.366. The number of fused-ring (bicyclic) bond motifs is 7. The van der Waals surface area contributed by atoms with Gasteiger partial charge in [-0.3, -0.25) is 0 Å². The lowest BCUT2D eigenvalue weighted by atomic mass is 9.33. The van der Waals surface area contributed by atoms with Crippen LogP contribution in [0.4, 0.5) is 22.7 Å². The molecular weight excluding hydrogens is 435 g/mol. The van der Waals surface area contributed by atoms with E-state index in [4.69, 9.17) is 0 Å². The summed E-state index contributed by atoms with van der Waals surface area (Å²) in [5, 5.41) is 0. The molecule has 0 N–H and O–H groups in total. The predicted octanol–water partition coefficient (Wildman–Crippen LogP) is 6.09. The molecule has 182 valence electrons. The van der Waals surface area contributed by atoms with E-state index in [1.165, 1.54) is 75.9 Å². The molecule has 2 unspecified atom stereocenters. The van der Waals surface area contributed by atoms with Gasteiger partial charge in [0.05, 0.1) is 5.54 Å². The first-order valence-corrected chi connectivity index (χ1v) is 14.1. The van der Waals surface area contributed by atoms with Crippen LogP contribution < -0.4 is 26.2 Å². The van der Waals surface area contributed by atoms with Crippen molar-refractivity contribution in [3.63, 3.8) is 0 Å². The van der Waals surface area contributed by atoms with Gasteiger partial charge in [-0.1, -0.05) is 75.6 Å². The SMILES string of the molecule is Cc1cc2c3c(c1)C1(C)CCCCC1(C)N3c1cccc3c1B2c1cccc2c1N3C(C)(C)C2(C)C. The van der Waals surface area contributed by atoms with E-state index in [2.05, 4.69) is 107 Å². The summed E-state index contributed by atoms with van der Waals surface area (Å²) >= 11 is 0. The van der Waals surface area contributed by atoms with Gasteiger partial charge in [0, 0.05) is 39.1 Å². The zero-order valence-corrected chi connectivity index (χ0v) is 22.9. The fourth-order valence-electron chi connectivity index (χ4n) is 9.17. The van der Waals surface area contributed by atoms with Gasteiger partial charge in [0.1, 0.15) is 0 Å². The molecule has 0 aromatic heterocycles. The number of para-hydroxylation sites is 1. The van der Waals surface area contributed by atoms with E-state index in [-0.39, 0.29) is 21.9 Å². The molecule has 36 heavy (non-hydrogen) atoms. The molecule has 8 rings (SSSR count). The zero-order chi connectivity index (χ0) is 25.0. The highest BCUT2D eigenvalue weighted by Gasteiger charge is 2.63. The second-order valence-corrected chi connectivity index (χ2v) is 13.8. The maximum absolute atomic E-state index is 2.83. The number of hydrogen-bond donors (Lipinski definition) is 0. The Balaban J connectivity index is 1.54. The summed E-state index contributed by atoms with van der Waals surface area (Å²) < 4.78 is 0. The molecule has 1 fully saturated rings. The molecule has 5 aliphatic rings. The van der Waals surface area contributed by atoms with Crippen LogP contribution in [0.15, 0.2) is 48.5 Å². The lowest BCUT2D eigenvalue weighted by molar-refractivity contribution is 0.195. The van der Waals surface area contributed by atoms with Gasteiger partial charge in [-0.05, 0) is 80.2 Å². The predicted molar refractivity (Wildman–Crippen MR) is 154 cm³/mol. The minimum Gasteiger partial charge on any atom is -0.336 e. The average molecular weight is 472 g/mol. The Bertz CT molecular complexity index is 1520. The van der Waals surface area contributed by atoms with Crippen LogP contribution in [0.5, 0.6) is 0 Å². The van der Waals surface area contributed by atoms with E-state index in [0.717, 1.165) is 0 Å². The normalized spacial score (nSPS) is 29.0. The summed E-state index contributed by atoms with van der Waals surface area (Å²) in [5.74, 6) is 0. The molecule has 3 aromatic carbocycles. The molecular formula is C33H37BN2. The molecule has 0 amide bonds. The van der Waals surface area contributed by atoms with E-state index in [1.807, 2.05) is 0 Å². The Hall–Kier alpha value is -2.68. The second kappa shape index (κ2) is 6.06. The minimum atomic E-state index is -0.0160. The van der Waals surface area contributed by atoms with Crippen LogP contribution in [0.1, 0.15) is 83.9 Å². The van der Waals surface area contributed by atoms with Crippen molar-refractivity contribution in [2.24, 2.45) is 0 Å². The van der Waals surface area contributed by atoms with Crippen molar-refractivity contribution < 1.29 is 0 Å². The molecule has 0 spiro atoms. The van der Waals surface area contributed by atoms with Crippen molar-refractivity contribution in [3.8, 4) is 0 Å². The number of aryl methyl sites for hydroxylation is 1. The van der Waals surface area contributed by atoms with Crippen molar-refractivity contribution in [2.45, 2.75) is 96.1 Å². The first kappa shape index (κ1) is 21.4. The number of rotatable bonds is 0. The summed E-state index contributed by atoms with van der Waals surface area (Å²) in [7, 11) is 0. The molecule has 0 radical (unpaired) electrons. The average Bonchev–Trinajstić information content (AvgIpc) is 3.14. The topological polar surface area (TPSA) is 6.48 Å². The van der Waals surface area contributed by atoms with Crippen LogP contribution in [-0.4, -0.2) is 17.8 Å². The lowest BCUT2D eigenvalue weighted by Gasteiger charge is -2.53. The Morgan fingerprint density at radius 2 is 1.39 bits per heavy atom. The minimum absolute atomic E-state index is 0.0160. The second-order valence-electron chi connectivity index (χ2n) is 13.8. The summed E-state index contributed by atoms with van der Waals surface area (Å²) in [6.07, 6.45) is 5.20. The van der Waals surface area contributed by atoms with Crippen LogP contribution in [-0.2, 0) is 10.8 Å². The number of nitrogens with zero attached hydrogens (tertiary/aromatic N) is 2. The van der Waals surface area contributed by atoms with Gasteiger partial charge in [0.15, 0.2) is 0 Å². The van der Waals surface area contributed by atoms with Gasteiger partial charge >= 0.3 is 0 Å². The van der Waals surface area contributed by atoms with E-state index in [9.17, 15) is 0 Å². The van der Waals surface area contributed by atoms with Gasteiger partial charge in [0.25, 0.3) is 6.71 Å². The van der Waals surface area contributed by atoms with Gasteiger partial charge in [-0.2, -0.15) is 0 Å². The first-order valence-electron chi connectivity index (χ1n) is 14.1. The summed E-state index contributed by atoms with van der Waals surface area (Å²) in [4.78, 5) is 5.54. The number of anilines is 4. The molecule has 3 heteroatoms. The molecule has 2 nitrogen and oxygen atoms in total. The summed E-state index contributed by atoms with van der Waals surface area (Å²) in [6.45, 7) is 17.5. The Morgan fingerprint density at radius 1 is 0.722 bits per heavy atom. The van der Waals surface area contributed by atoms with Crippen LogP contribution in [0.2, 0.25) is 0 Å². The van der Waals surface area contributed by atoms with E-state index < -0.39 is 0 Å². The van der Waals surface area contributed by atoms with E-state index >= 15 is 0 Å². The van der Waals surface area contributed by atoms with Gasteiger partial charge in [0.2, 0.25) is 0 Å². The zero-order valence-electron chi connectivity index (χ0n) is 22.9. The van der Waals surface area contributed by atoms with E-state index in [1.54, 1.807) is 5.56 Å². The maximum atomic E-state index is 2.83. The van der Waals surface area contributed by atoms with Crippen LogP contribution in [0.25, 0.3) is 0 Å². The van der Waals surface area contributed by atoms with Crippen molar-refractivity contribution >= 4 is 45.9 Å². The summed E-state index contributed by atoms with van der Waals surface area (Å²) in [5.41, 5.74) is 15.3. The molecule has 0 saturated heterocycles. The van der Waals surface area contributed by atoms with Crippen molar-refractivity contribution in [1.82, 2.24) is 0 Å². The van der Waals surface area contributed by atoms with Gasteiger partial charge in [-0.25, -0.2) is 0 Å². The molecule has 3 aromatic rings. The van der Waals surface area contributed by atoms with Crippen LogP contribution in [0.3, 0.4) is 0 Å². The number of hydrogen-bond acceptors (Lipinski definition) is 2. The highest BCUT2D eigenvalue weighted by molar-refractivity contribution is 7.00. The largest absolute Gasteiger partial charge is 0.336 e. The third-order valence-electron chi connectivity index (χ3n) is 11.9. The molecule has 4 aliphatic heterocycles. The third kappa shape index (κ3) is 1.99. The molecule has 1 saturated carbocycles. The smallest absolute Gasteiger partial charge is 0.252 e.